The second-order valence-corrected chi connectivity index (χ2v) is 4.01. The number of aromatic nitrogens is 1. The van der Waals surface area contributed by atoms with E-state index < -0.39 is 5.60 Å². The van der Waals surface area contributed by atoms with Crippen molar-refractivity contribution in [3.8, 4) is 5.88 Å². The summed E-state index contributed by atoms with van der Waals surface area (Å²) in [6.07, 6.45) is 1.82. The summed E-state index contributed by atoms with van der Waals surface area (Å²) in [5.74, 6) is 0.212. The summed E-state index contributed by atoms with van der Waals surface area (Å²) in [6, 6.07) is 1.51. The van der Waals surface area contributed by atoms with Gasteiger partial charge in [-0.2, -0.15) is 0 Å². The Bertz CT molecular complexity index is 422. The molecule has 1 rings (SSSR count). The highest BCUT2D eigenvalue weighted by Gasteiger charge is 2.28. The lowest BCUT2D eigenvalue weighted by Crippen LogP contribution is -2.24. The fraction of sp³-hybridized carbons (Fsp3) is 0.417. The summed E-state index contributed by atoms with van der Waals surface area (Å²) in [4.78, 5) is 3.94. The van der Waals surface area contributed by atoms with Gasteiger partial charge < -0.3 is 14.9 Å². The van der Waals surface area contributed by atoms with Crippen molar-refractivity contribution in [3.05, 3.63) is 35.0 Å². The Labute approximate surface area is 106 Å². The van der Waals surface area contributed by atoms with Crippen LogP contribution in [0.15, 0.2) is 18.7 Å². The second-order valence-electron chi connectivity index (χ2n) is 3.62. The molecule has 1 heterocycles. The Kier molecular flexibility index (Phi) is 4.51. The normalized spacial score (nSPS) is 14.2. The average Bonchev–Trinajstić information content (AvgIpc) is 2.36. The second kappa shape index (κ2) is 5.49. The highest BCUT2D eigenvalue weighted by molar-refractivity contribution is 6.29. The third-order valence-electron chi connectivity index (χ3n) is 2.75. The molecule has 1 unspecified atom stereocenters. The van der Waals surface area contributed by atoms with Crippen LogP contribution in [0, 0.1) is 0 Å². The zero-order valence-electron chi connectivity index (χ0n) is 9.90. The summed E-state index contributed by atoms with van der Waals surface area (Å²) in [6.45, 7) is 5.12. The van der Waals surface area contributed by atoms with Crippen LogP contribution in [0.5, 0.6) is 5.88 Å². The van der Waals surface area contributed by atoms with E-state index in [9.17, 15) is 10.2 Å². The molecular formula is C12H16ClNO3. The van der Waals surface area contributed by atoms with Gasteiger partial charge in [0.15, 0.2) is 0 Å². The number of pyridine rings is 1. The van der Waals surface area contributed by atoms with Gasteiger partial charge in [0.05, 0.1) is 13.7 Å². The Balaban J connectivity index is 3.50. The molecule has 17 heavy (non-hydrogen) atoms. The fourth-order valence-corrected chi connectivity index (χ4v) is 1.86. The standard InChI is InChI=1S/C12H16ClNO3/c1-4-12(16,5-2)9-6-10(13)14-11(17-3)8(9)7-15/h4,6,15-16H,1,5,7H2,2-3H3. The van der Waals surface area contributed by atoms with Gasteiger partial charge in [-0.15, -0.1) is 0 Å². The molecule has 0 bridgehead atoms. The molecule has 0 saturated carbocycles. The third-order valence-corrected chi connectivity index (χ3v) is 2.94. The van der Waals surface area contributed by atoms with E-state index in [0.29, 0.717) is 17.5 Å². The lowest BCUT2D eigenvalue weighted by atomic mass is 9.88. The molecule has 0 aliphatic heterocycles. The average molecular weight is 258 g/mol. The molecule has 0 aliphatic carbocycles. The van der Waals surface area contributed by atoms with Gasteiger partial charge in [0.25, 0.3) is 0 Å². The predicted molar refractivity (Wildman–Crippen MR) is 66.1 cm³/mol. The van der Waals surface area contributed by atoms with Crippen molar-refractivity contribution in [1.82, 2.24) is 4.98 Å². The monoisotopic (exact) mass is 257 g/mol. The molecule has 0 saturated heterocycles. The summed E-state index contributed by atoms with van der Waals surface area (Å²) >= 11 is 5.86. The van der Waals surface area contributed by atoms with Crippen molar-refractivity contribution in [3.63, 3.8) is 0 Å². The molecule has 0 fully saturated rings. The Morgan fingerprint density at radius 3 is 2.71 bits per heavy atom. The summed E-state index contributed by atoms with van der Waals surface area (Å²) < 4.78 is 5.04. The topological polar surface area (TPSA) is 62.6 Å². The number of halogens is 1. The largest absolute Gasteiger partial charge is 0.481 e. The van der Waals surface area contributed by atoms with Crippen LogP contribution >= 0.6 is 11.6 Å². The van der Waals surface area contributed by atoms with E-state index in [4.69, 9.17) is 16.3 Å². The van der Waals surface area contributed by atoms with Gasteiger partial charge in [-0.05, 0) is 12.5 Å². The van der Waals surface area contributed by atoms with Crippen LogP contribution in [0.25, 0.3) is 0 Å². The first-order chi connectivity index (χ1) is 8.02. The highest BCUT2D eigenvalue weighted by Crippen LogP contribution is 2.34. The maximum atomic E-state index is 10.4. The first-order valence-corrected chi connectivity index (χ1v) is 5.60. The first-order valence-electron chi connectivity index (χ1n) is 5.23. The van der Waals surface area contributed by atoms with Gasteiger partial charge in [-0.3, -0.25) is 0 Å². The van der Waals surface area contributed by atoms with Gasteiger partial charge in [0, 0.05) is 11.1 Å². The molecule has 4 nitrogen and oxygen atoms in total. The lowest BCUT2D eigenvalue weighted by molar-refractivity contribution is 0.0822. The Hall–Kier alpha value is -1.10. The molecule has 1 aromatic heterocycles. The maximum Gasteiger partial charge on any atom is 0.220 e. The minimum atomic E-state index is -1.25. The van der Waals surface area contributed by atoms with Crippen molar-refractivity contribution >= 4 is 11.6 Å². The third kappa shape index (κ3) is 2.60. The van der Waals surface area contributed by atoms with E-state index in [1.54, 1.807) is 0 Å². The van der Waals surface area contributed by atoms with Crippen LogP contribution in [-0.4, -0.2) is 22.3 Å². The van der Waals surface area contributed by atoms with Crippen LogP contribution in [-0.2, 0) is 12.2 Å². The van der Waals surface area contributed by atoms with Gasteiger partial charge in [0.2, 0.25) is 5.88 Å². The number of aliphatic hydroxyl groups is 2. The lowest BCUT2D eigenvalue weighted by Gasteiger charge is -2.26. The number of hydrogen-bond donors (Lipinski definition) is 2. The number of methoxy groups -OCH3 is 1. The van der Waals surface area contributed by atoms with E-state index in [1.165, 1.54) is 19.3 Å². The van der Waals surface area contributed by atoms with E-state index in [1.807, 2.05) is 6.92 Å². The summed E-state index contributed by atoms with van der Waals surface area (Å²) in [7, 11) is 1.43. The van der Waals surface area contributed by atoms with Crippen LogP contribution in [0.4, 0.5) is 0 Å². The van der Waals surface area contributed by atoms with Gasteiger partial charge in [-0.25, -0.2) is 4.98 Å². The van der Waals surface area contributed by atoms with E-state index in [2.05, 4.69) is 11.6 Å². The highest BCUT2D eigenvalue weighted by atomic mass is 35.5. The molecule has 2 N–H and O–H groups in total. The van der Waals surface area contributed by atoms with E-state index >= 15 is 0 Å². The van der Waals surface area contributed by atoms with Crippen LogP contribution in [0.2, 0.25) is 5.15 Å². The zero-order chi connectivity index (χ0) is 13.1. The van der Waals surface area contributed by atoms with Crippen molar-refractivity contribution in [2.24, 2.45) is 0 Å². The number of rotatable bonds is 5. The number of ether oxygens (including phenoxy) is 1. The molecule has 0 amide bonds. The van der Waals surface area contributed by atoms with Crippen molar-refractivity contribution < 1.29 is 14.9 Å². The molecule has 94 valence electrons. The molecule has 0 aliphatic rings. The smallest absolute Gasteiger partial charge is 0.220 e. The minimum Gasteiger partial charge on any atom is -0.481 e. The Morgan fingerprint density at radius 2 is 2.29 bits per heavy atom. The SMILES string of the molecule is C=CC(O)(CC)c1cc(Cl)nc(OC)c1CO. The van der Waals surface area contributed by atoms with Gasteiger partial charge >= 0.3 is 0 Å². The molecule has 0 aromatic carbocycles. The van der Waals surface area contributed by atoms with Crippen molar-refractivity contribution in [2.75, 3.05) is 7.11 Å². The summed E-state index contributed by atoms with van der Waals surface area (Å²) in [5.41, 5.74) is -0.367. The van der Waals surface area contributed by atoms with E-state index in [0.717, 1.165) is 0 Å². The maximum absolute atomic E-state index is 10.4. The van der Waals surface area contributed by atoms with Crippen LogP contribution < -0.4 is 4.74 Å². The first kappa shape index (κ1) is 14.0. The van der Waals surface area contributed by atoms with Crippen LogP contribution in [0.3, 0.4) is 0 Å². The van der Waals surface area contributed by atoms with Crippen molar-refractivity contribution in [1.29, 1.82) is 0 Å². The number of nitrogens with zero attached hydrogens (tertiary/aromatic N) is 1. The molecule has 5 heteroatoms. The molecule has 0 spiro atoms. The minimum absolute atomic E-state index is 0.197. The van der Waals surface area contributed by atoms with Gasteiger partial charge in [0.1, 0.15) is 10.8 Å². The van der Waals surface area contributed by atoms with Crippen LogP contribution in [0.1, 0.15) is 24.5 Å². The predicted octanol–water partition coefficient (Wildman–Crippen LogP) is 2.02. The zero-order valence-corrected chi connectivity index (χ0v) is 10.7. The number of hydrogen-bond acceptors (Lipinski definition) is 4. The molecule has 0 radical (unpaired) electrons. The molecular weight excluding hydrogens is 242 g/mol. The summed E-state index contributed by atoms with van der Waals surface area (Å²) in [5, 5.41) is 19.9. The van der Waals surface area contributed by atoms with E-state index in [-0.39, 0.29) is 17.6 Å². The number of aliphatic hydroxyl groups excluding tert-OH is 1. The molecule has 1 atom stereocenters. The van der Waals surface area contributed by atoms with Gasteiger partial charge in [-0.1, -0.05) is 31.2 Å². The quantitative estimate of drug-likeness (QED) is 0.626. The van der Waals surface area contributed by atoms with Crippen molar-refractivity contribution in [2.45, 2.75) is 25.6 Å². The molecule has 1 aromatic rings. The fourth-order valence-electron chi connectivity index (χ4n) is 1.67. The Morgan fingerprint density at radius 1 is 1.65 bits per heavy atom.